The Labute approximate surface area is 213 Å². The van der Waals surface area contributed by atoms with Crippen LogP contribution in [0.3, 0.4) is 0 Å². The predicted octanol–water partition coefficient (Wildman–Crippen LogP) is 4.54. The molecule has 1 amide bonds. The minimum Gasteiger partial charge on any atom is -0.360 e. The Bertz CT molecular complexity index is 1280. The number of hydrogen-bond donors (Lipinski definition) is 3. The van der Waals surface area contributed by atoms with Gasteiger partial charge in [-0.15, -0.1) is 0 Å². The number of nitrogens with zero attached hydrogens (tertiary/aromatic N) is 1. The van der Waals surface area contributed by atoms with Crippen molar-refractivity contribution in [3.8, 4) is 0 Å². The molecule has 37 heavy (non-hydrogen) atoms. The molecule has 5 unspecified atom stereocenters. The molecule has 5 atom stereocenters. The smallest absolute Gasteiger partial charge is 0.360 e. The van der Waals surface area contributed by atoms with E-state index in [1.54, 1.807) is 0 Å². The number of carbonyl (C=O) groups excluding carboxylic acids is 1. The molecule has 6 rings (SSSR count). The second kappa shape index (κ2) is 8.92. The van der Waals surface area contributed by atoms with Crippen LogP contribution in [0.2, 0.25) is 0 Å². The molecule has 1 saturated heterocycles. The van der Waals surface area contributed by atoms with Gasteiger partial charge in [-0.05, 0) is 67.7 Å². The topological polar surface area (TPSA) is 68.9 Å². The van der Waals surface area contributed by atoms with E-state index in [-0.39, 0.29) is 11.9 Å². The fourth-order valence-corrected chi connectivity index (χ4v) is 5.46. The molecule has 5 aliphatic rings. The molecule has 2 fully saturated rings. The van der Waals surface area contributed by atoms with Gasteiger partial charge in [0, 0.05) is 47.1 Å². The second-order valence-electron chi connectivity index (χ2n) is 10.4. The number of alkyl halides is 3. The number of ether oxygens (including phenoxy) is 1. The molecule has 9 heteroatoms. The van der Waals surface area contributed by atoms with Crippen molar-refractivity contribution in [3.63, 3.8) is 0 Å². The first-order valence-electron chi connectivity index (χ1n) is 12.7. The van der Waals surface area contributed by atoms with Gasteiger partial charge in [-0.2, -0.15) is 18.5 Å². The van der Waals surface area contributed by atoms with E-state index < -0.39 is 18.8 Å². The van der Waals surface area contributed by atoms with Crippen LogP contribution in [-0.2, 0) is 4.74 Å². The van der Waals surface area contributed by atoms with Crippen LogP contribution in [0.25, 0.3) is 5.57 Å². The Morgan fingerprint density at radius 1 is 1.14 bits per heavy atom. The molecule has 3 heterocycles. The molecular formula is C28H29F3N4O2. The summed E-state index contributed by atoms with van der Waals surface area (Å²) in [5.41, 5.74) is 5.82. The number of nitrogens with one attached hydrogen (secondary N) is 3. The molecular weight excluding hydrogens is 481 g/mol. The lowest BCUT2D eigenvalue weighted by Crippen LogP contribution is -2.37. The quantitative estimate of drug-likeness (QED) is 0.371. The minimum atomic E-state index is -4.47. The monoisotopic (exact) mass is 510 g/mol. The number of benzene rings is 1. The second-order valence-corrected chi connectivity index (χ2v) is 10.4. The van der Waals surface area contributed by atoms with Crippen molar-refractivity contribution in [2.45, 2.75) is 57.5 Å². The largest absolute Gasteiger partial charge is 0.459 e. The maximum Gasteiger partial charge on any atom is 0.459 e. The first-order valence-corrected chi connectivity index (χ1v) is 12.7. The molecule has 6 nitrogen and oxygen atoms in total. The standard InChI is InChI=1S/C28H29F3N4O2/c1-15(2)32-25(36)19-7-3-5-16(11-19)17-9-10-35-23(14-22-21(13-17)24(22)35)18-6-4-8-20(12-18)33-26-27(37-26)34-28(29,30)31/h3,5-7,9-15,21-22,24,26-27,33-34H,4,8H2,1-2H3,(H,32,36). The Morgan fingerprint density at radius 3 is 2.73 bits per heavy atom. The summed E-state index contributed by atoms with van der Waals surface area (Å²) in [6.07, 6.45) is 8.35. The maximum atomic E-state index is 12.5. The lowest BCUT2D eigenvalue weighted by atomic mass is 9.99. The maximum absolute atomic E-state index is 12.5. The average Bonchev–Trinajstić information content (AvgIpc) is 3.69. The molecule has 1 aromatic rings. The molecule has 0 radical (unpaired) electrons. The predicted molar refractivity (Wildman–Crippen MR) is 133 cm³/mol. The number of amides is 1. The third kappa shape index (κ3) is 4.98. The summed E-state index contributed by atoms with van der Waals surface area (Å²) in [5, 5.41) is 7.54. The number of allylic oxidation sites excluding steroid dienone is 5. The zero-order valence-corrected chi connectivity index (χ0v) is 20.5. The Kier molecular flexibility index (Phi) is 5.80. The van der Waals surface area contributed by atoms with Gasteiger partial charge in [-0.25, -0.2) is 0 Å². The first kappa shape index (κ1) is 24.1. The van der Waals surface area contributed by atoms with E-state index in [4.69, 9.17) is 4.74 Å². The van der Waals surface area contributed by atoms with Crippen LogP contribution < -0.4 is 16.0 Å². The van der Waals surface area contributed by atoms with Crippen LogP contribution in [0.4, 0.5) is 13.2 Å². The molecule has 0 spiro atoms. The summed E-state index contributed by atoms with van der Waals surface area (Å²) in [4.78, 5) is 14.8. The Morgan fingerprint density at radius 2 is 1.95 bits per heavy atom. The van der Waals surface area contributed by atoms with E-state index in [1.807, 2.05) is 44.2 Å². The number of rotatable bonds is 7. The molecule has 0 bridgehead atoms. The lowest BCUT2D eigenvalue weighted by Gasteiger charge is -2.24. The zero-order valence-electron chi connectivity index (χ0n) is 20.5. The van der Waals surface area contributed by atoms with Gasteiger partial charge >= 0.3 is 6.30 Å². The minimum absolute atomic E-state index is 0.0712. The van der Waals surface area contributed by atoms with Crippen molar-refractivity contribution in [1.82, 2.24) is 20.9 Å². The molecule has 1 saturated carbocycles. The number of epoxide rings is 1. The molecule has 3 aliphatic heterocycles. The number of carbonyl (C=O) groups is 1. The van der Waals surface area contributed by atoms with Gasteiger partial charge in [0.2, 0.25) is 0 Å². The van der Waals surface area contributed by atoms with Crippen molar-refractivity contribution < 1.29 is 22.7 Å². The van der Waals surface area contributed by atoms with Crippen molar-refractivity contribution in [2.75, 3.05) is 0 Å². The average molecular weight is 511 g/mol. The van der Waals surface area contributed by atoms with Gasteiger partial charge in [0.15, 0.2) is 12.5 Å². The molecule has 1 aromatic carbocycles. The van der Waals surface area contributed by atoms with Crippen LogP contribution in [-0.4, -0.2) is 41.6 Å². The van der Waals surface area contributed by atoms with Gasteiger partial charge in [0.05, 0.1) is 0 Å². The van der Waals surface area contributed by atoms with E-state index in [0.717, 1.165) is 40.9 Å². The highest BCUT2D eigenvalue weighted by Crippen LogP contribution is 2.56. The normalized spacial score (nSPS) is 29.6. The molecule has 194 valence electrons. The van der Waals surface area contributed by atoms with Crippen LogP contribution >= 0.6 is 0 Å². The van der Waals surface area contributed by atoms with Gasteiger partial charge < -0.3 is 20.3 Å². The fourth-order valence-electron chi connectivity index (χ4n) is 5.46. The molecule has 0 aromatic heterocycles. The Balaban J connectivity index is 1.15. The van der Waals surface area contributed by atoms with E-state index >= 15 is 0 Å². The third-order valence-electron chi connectivity index (χ3n) is 7.24. The highest BCUT2D eigenvalue weighted by molar-refractivity contribution is 5.95. The van der Waals surface area contributed by atoms with E-state index in [9.17, 15) is 18.0 Å². The van der Waals surface area contributed by atoms with Crippen molar-refractivity contribution in [2.24, 2.45) is 11.8 Å². The highest BCUT2D eigenvalue weighted by Gasteiger charge is 2.56. The van der Waals surface area contributed by atoms with Crippen LogP contribution in [0.15, 0.2) is 77.8 Å². The van der Waals surface area contributed by atoms with Crippen LogP contribution in [0.5, 0.6) is 0 Å². The third-order valence-corrected chi connectivity index (χ3v) is 7.24. The first-order chi connectivity index (χ1) is 17.7. The highest BCUT2D eigenvalue weighted by atomic mass is 19.4. The van der Waals surface area contributed by atoms with E-state index in [1.165, 1.54) is 5.32 Å². The van der Waals surface area contributed by atoms with Gasteiger partial charge in [0.25, 0.3) is 5.91 Å². The van der Waals surface area contributed by atoms with E-state index in [0.29, 0.717) is 23.4 Å². The Hall–Kier alpha value is -3.30. The van der Waals surface area contributed by atoms with E-state index in [2.05, 4.69) is 46.0 Å². The fraction of sp³-hybridized carbons (Fsp3) is 0.393. The number of halogens is 3. The summed E-state index contributed by atoms with van der Waals surface area (Å²) in [5.74, 6) is 0.744. The van der Waals surface area contributed by atoms with Gasteiger partial charge in [0.1, 0.15) is 0 Å². The van der Waals surface area contributed by atoms with Crippen LogP contribution in [0, 0.1) is 11.8 Å². The summed E-state index contributed by atoms with van der Waals surface area (Å²) in [6, 6.07) is 8.15. The van der Waals surface area contributed by atoms with Crippen molar-refractivity contribution in [1.29, 1.82) is 0 Å². The SMILES string of the molecule is CC(C)NC(=O)c1cccc(C2=CC3C4C=C(C5=CCCC(NC6OC6NC(F)(F)F)=C5)N(C=C2)C34)c1. The number of hydrogen-bond acceptors (Lipinski definition) is 5. The molecule has 3 N–H and O–H groups in total. The van der Waals surface area contributed by atoms with Gasteiger partial charge in [-0.1, -0.05) is 30.4 Å². The van der Waals surface area contributed by atoms with Crippen molar-refractivity contribution >= 4 is 11.5 Å². The summed E-state index contributed by atoms with van der Waals surface area (Å²) >= 11 is 0. The summed E-state index contributed by atoms with van der Waals surface area (Å²) < 4.78 is 42.6. The van der Waals surface area contributed by atoms with Crippen LogP contribution in [0.1, 0.15) is 42.6 Å². The summed E-state index contributed by atoms with van der Waals surface area (Å²) in [6.45, 7) is 3.88. The van der Waals surface area contributed by atoms with Crippen molar-refractivity contribution in [3.05, 3.63) is 88.9 Å². The molecule has 2 aliphatic carbocycles. The summed E-state index contributed by atoms with van der Waals surface area (Å²) in [7, 11) is 0. The van der Waals surface area contributed by atoms with Gasteiger partial charge in [-0.3, -0.25) is 4.79 Å². The number of fused-ring (bicyclic) bond motifs is 1. The zero-order chi connectivity index (χ0) is 25.9. The lowest BCUT2D eigenvalue weighted by molar-refractivity contribution is -0.163.